The van der Waals surface area contributed by atoms with Crippen LogP contribution in [0.5, 0.6) is 0 Å². The van der Waals surface area contributed by atoms with E-state index in [-0.39, 0.29) is 5.82 Å². The summed E-state index contributed by atoms with van der Waals surface area (Å²) in [5, 5.41) is 0. The predicted octanol–water partition coefficient (Wildman–Crippen LogP) is 0.408. The lowest BCUT2D eigenvalue weighted by Gasteiger charge is -1.98. The van der Waals surface area contributed by atoms with Crippen LogP contribution in [-0.2, 0) is 0 Å². The maximum absolute atomic E-state index is 11.3. The summed E-state index contributed by atoms with van der Waals surface area (Å²) in [6, 6.07) is 4.89. The normalized spacial score (nSPS) is 10.2. The van der Waals surface area contributed by atoms with E-state index in [1.54, 1.807) is 12.1 Å². The molecule has 2 N–H and O–H groups in total. The molecule has 0 unspecified atom stereocenters. The maximum Gasteiger partial charge on any atom is 0.356 e. The number of hydrogen-bond acceptors (Lipinski definition) is 4. The Bertz CT molecular complexity index is 458. The van der Waals surface area contributed by atoms with Gasteiger partial charge in [-0.15, -0.1) is 0 Å². The zero-order chi connectivity index (χ0) is 9.26. The Morgan fingerprint density at radius 3 is 2.92 bits per heavy atom. The number of aromatic nitrogens is 2. The molecule has 5 heteroatoms. The van der Waals surface area contributed by atoms with E-state index in [0.29, 0.717) is 5.88 Å². The third-order valence-electron chi connectivity index (χ3n) is 1.57. The summed E-state index contributed by atoms with van der Waals surface area (Å²) in [5.41, 5.74) is 4.88. The smallest absolute Gasteiger partial charge is 0.356 e. The van der Waals surface area contributed by atoms with Gasteiger partial charge in [0.05, 0.1) is 6.26 Å². The van der Waals surface area contributed by atoms with Crippen molar-refractivity contribution in [3.63, 3.8) is 0 Å². The summed E-state index contributed by atoms with van der Waals surface area (Å²) < 4.78 is 6.30. The third-order valence-corrected chi connectivity index (χ3v) is 1.57. The zero-order valence-corrected chi connectivity index (χ0v) is 6.68. The number of rotatable bonds is 1. The highest BCUT2D eigenvalue weighted by Crippen LogP contribution is 2.04. The Morgan fingerprint density at radius 1 is 1.46 bits per heavy atom. The minimum Gasteiger partial charge on any atom is -0.448 e. The molecular formula is C8H7N3O2. The molecule has 2 heterocycles. The molecular weight excluding hydrogens is 170 g/mol. The molecule has 2 aromatic heterocycles. The van der Waals surface area contributed by atoms with Gasteiger partial charge in [-0.2, -0.15) is 4.98 Å². The SMILES string of the molecule is Nc1ccn(-c2ccco2)c(=O)n1. The van der Waals surface area contributed by atoms with Crippen molar-refractivity contribution < 1.29 is 4.42 Å². The molecule has 5 nitrogen and oxygen atoms in total. The van der Waals surface area contributed by atoms with Gasteiger partial charge in [-0.05, 0) is 12.1 Å². The van der Waals surface area contributed by atoms with E-state index in [1.165, 1.54) is 23.1 Å². The van der Waals surface area contributed by atoms with Crippen LogP contribution in [0.25, 0.3) is 5.88 Å². The fourth-order valence-electron chi connectivity index (χ4n) is 0.991. The number of hydrogen-bond donors (Lipinski definition) is 1. The molecule has 2 aromatic rings. The standard InChI is InChI=1S/C8H7N3O2/c9-6-3-4-11(8(12)10-6)7-2-1-5-13-7/h1-5H,(H2,9,10,12). The van der Waals surface area contributed by atoms with Crippen LogP contribution in [0.3, 0.4) is 0 Å². The Hall–Kier alpha value is -2.04. The second-order valence-electron chi connectivity index (χ2n) is 2.46. The quantitative estimate of drug-likeness (QED) is 0.684. The van der Waals surface area contributed by atoms with Gasteiger partial charge < -0.3 is 10.2 Å². The Morgan fingerprint density at radius 2 is 2.31 bits per heavy atom. The summed E-state index contributed by atoms with van der Waals surface area (Å²) in [6.07, 6.45) is 3.00. The van der Waals surface area contributed by atoms with Crippen LogP contribution in [0.1, 0.15) is 0 Å². The first-order valence-corrected chi connectivity index (χ1v) is 3.66. The van der Waals surface area contributed by atoms with Crippen LogP contribution in [0, 0.1) is 0 Å². The number of anilines is 1. The van der Waals surface area contributed by atoms with Crippen LogP contribution in [0.15, 0.2) is 39.9 Å². The molecule has 0 saturated heterocycles. The predicted molar refractivity (Wildman–Crippen MR) is 46.5 cm³/mol. The summed E-state index contributed by atoms with van der Waals surface area (Å²) >= 11 is 0. The van der Waals surface area contributed by atoms with Gasteiger partial charge in [-0.3, -0.25) is 0 Å². The first kappa shape index (κ1) is 7.60. The highest BCUT2D eigenvalue weighted by Gasteiger charge is 2.01. The summed E-state index contributed by atoms with van der Waals surface area (Å²) in [4.78, 5) is 14.8. The second kappa shape index (κ2) is 2.78. The lowest BCUT2D eigenvalue weighted by molar-refractivity contribution is 0.531. The fourth-order valence-corrected chi connectivity index (χ4v) is 0.991. The molecule has 0 fully saturated rings. The molecule has 66 valence electrons. The fraction of sp³-hybridized carbons (Fsp3) is 0. The number of nitrogen functional groups attached to an aromatic ring is 1. The molecule has 0 saturated carbocycles. The van der Waals surface area contributed by atoms with E-state index in [1.807, 2.05) is 0 Å². The van der Waals surface area contributed by atoms with Crippen molar-refractivity contribution in [2.24, 2.45) is 0 Å². The Balaban J connectivity index is 2.60. The van der Waals surface area contributed by atoms with E-state index in [9.17, 15) is 4.79 Å². The molecule has 0 radical (unpaired) electrons. The van der Waals surface area contributed by atoms with Gasteiger partial charge in [0.2, 0.25) is 5.88 Å². The topological polar surface area (TPSA) is 74.1 Å². The van der Waals surface area contributed by atoms with Crippen LogP contribution in [0.2, 0.25) is 0 Å². The van der Waals surface area contributed by atoms with Crippen molar-refractivity contribution in [2.75, 3.05) is 5.73 Å². The second-order valence-corrected chi connectivity index (χ2v) is 2.46. The summed E-state index contributed by atoms with van der Waals surface area (Å²) in [5.74, 6) is 0.630. The summed E-state index contributed by atoms with van der Waals surface area (Å²) in [6.45, 7) is 0. The van der Waals surface area contributed by atoms with Crippen molar-refractivity contribution in [1.29, 1.82) is 0 Å². The molecule has 0 amide bonds. The van der Waals surface area contributed by atoms with Crippen LogP contribution < -0.4 is 11.4 Å². The number of nitrogens with zero attached hydrogens (tertiary/aromatic N) is 2. The number of nitrogens with two attached hydrogens (primary N) is 1. The van der Waals surface area contributed by atoms with Crippen molar-refractivity contribution in [3.05, 3.63) is 41.1 Å². The van der Waals surface area contributed by atoms with E-state index in [4.69, 9.17) is 10.2 Å². The lowest BCUT2D eigenvalue weighted by atomic mass is 10.5. The largest absolute Gasteiger partial charge is 0.448 e. The van der Waals surface area contributed by atoms with Gasteiger partial charge in [-0.1, -0.05) is 0 Å². The maximum atomic E-state index is 11.3. The first-order chi connectivity index (χ1) is 6.27. The third kappa shape index (κ3) is 1.31. The van der Waals surface area contributed by atoms with Gasteiger partial charge >= 0.3 is 5.69 Å². The van der Waals surface area contributed by atoms with E-state index in [0.717, 1.165) is 0 Å². The molecule has 0 aliphatic carbocycles. The highest BCUT2D eigenvalue weighted by atomic mass is 16.3. The highest BCUT2D eigenvalue weighted by molar-refractivity contribution is 5.27. The molecule has 0 spiro atoms. The minimum absolute atomic E-state index is 0.202. The average molecular weight is 177 g/mol. The first-order valence-electron chi connectivity index (χ1n) is 3.66. The van der Waals surface area contributed by atoms with Crippen molar-refractivity contribution >= 4 is 5.82 Å². The zero-order valence-electron chi connectivity index (χ0n) is 6.68. The molecule has 13 heavy (non-hydrogen) atoms. The molecule has 0 aliphatic heterocycles. The van der Waals surface area contributed by atoms with E-state index < -0.39 is 5.69 Å². The lowest BCUT2D eigenvalue weighted by Crippen LogP contribution is -2.20. The molecule has 2 rings (SSSR count). The Kier molecular flexibility index (Phi) is 1.63. The van der Waals surface area contributed by atoms with Gasteiger partial charge in [0, 0.05) is 12.3 Å². The average Bonchev–Trinajstić information content (AvgIpc) is 2.56. The summed E-state index contributed by atoms with van der Waals surface area (Å²) in [7, 11) is 0. The van der Waals surface area contributed by atoms with Gasteiger partial charge in [-0.25, -0.2) is 9.36 Å². The molecule has 0 bridgehead atoms. The molecule has 0 aliphatic rings. The van der Waals surface area contributed by atoms with Crippen molar-refractivity contribution in [2.45, 2.75) is 0 Å². The van der Waals surface area contributed by atoms with Gasteiger partial charge in [0.15, 0.2) is 0 Å². The van der Waals surface area contributed by atoms with Crippen molar-refractivity contribution in [3.8, 4) is 5.88 Å². The number of furan rings is 1. The van der Waals surface area contributed by atoms with Crippen LogP contribution >= 0.6 is 0 Å². The Labute approximate surface area is 73.4 Å². The van der Waals surface area contributed by atoms with Gasteiger partial charge in [0.25, 0.3) is 0 Å². The van der Waals surface area contributed by atoms with Crippen LogP contribution in [-0.4, -0.2) is 9.55 Å². The van der Waals surface area contributed by atoms with E-state index in [2.05, 4.69) is 4.98 Å². The minimum atomic E-state index is -0.449. The molecule has 0 aromatic carbocycles. The van der Waals surface area contributed by atoms with Crippen LogP contribution in [0.4, 0.5) is 5.82 Å². The molecule has 0 atom stereocenters. The van der Waals surface area contributed by atoms with E-state index >= 15 is 0 Å². The van der Waals surface area contributed by atoms with Crippen molar-refractivity contribution in [1.82, 2.24) is 9.55 Å². The monoisotopic (exact) mass is 177 g/mol. The van der Waals surface area contributed by atoms with Gasteiger partial charge in [0.1, 0.15) is 5.82 Å².